The van der Waals surface area contributed by atoms with Gasteiger partial charge in [-0.15, -0.1) is 0 Å². The standard InChI is InChI=1S/C14H20Cl2N2/c1-9-3-2-4-11(9)14(18-17)8-10-5-6-12(15)13(16)7-10/h5-7,9,11,14,18H,2-4,8,17H2,1H3. The number of hydrazine groups is 1. The number of rotatable bonds is 4. The summed E-state index contributed by atoms with van der Waals surface area (Å²) in [5, 5.41) is 1.22. The number of hydrogen-bond donors (Lipinski definition) is 2. The number of halogens is 2. The zero-order chi connectivity index (χ0) is 13.1. The minimum atomic E-state index is 0.319. The predicted molar refractivity (Wildman–Crippen MR) is 77.8 cm³/mol. The first-order valence-electron chi connectivity index (χ1n) is 6.52. The SMILES string of the molecule is CC1CCCC1C(Cc1ccc(Cl)c(Cl)c1)NN. The molecule has 3 atom stereocenters. The van der Waals surface area contributed by atoms with Gasteiger partial charge in [-0.2, -0.15) is 0 Å². The van der Waals surface area contributed by atoms with Crippen LogP contribution in [0.2, 0.25) is 10.0 Å². The molecule has 3 N–H and O–H groups in total. The summed E-state index contributed by atoms with van der Waals surface area (Å²) in [6.45, 7) is 2.32. The first kappa shape index (κ1) is 14.1. The number of nitrogens with two attached hydrogens (primary N) is 1. The van der Waals surface area contributed by atoms with E-state index in [1.165, 1.54) is 24.8 Å². The van der Waals surface area contributed by atoms with E-state index in [4.69, 9.17) is 29.0 Å². The maximum Gasteiger partial charge on any atom is 0.0595 e. The van der Waals surface area contributed by atoms with Crippen LogP contribution in [-0.2, 0) is 6.42 Å². The second-order valence-corrected chi connectivity index (χ2v) is 6.11. The Balaban J connectivity index is 2.07. The van der Waals surface area contributed by atoms with E-state index in [-0.39, 0.29) is 0 Å². The largest absolute Gasteiger partial charge is 0.271 e. The molecule has 2 nitrogen and oxygen atoms in total. The molecule has 1 saturated carbocycles. The van der Waals surface area contributed by atoms with Gasteiger partial charge in [-0.25, -0.2) is 0 Å². The molecule has 1 aliphatic carbocycles. The Morgan fingerprint density at radius 2 is 2.11 bits per heavy atom. The van der Waals surface area contributed by atoms with Gasteiger partial charge in [0, 0.05) is 6.04 Å². The van der Waals surface area contributed by atoms with Gasteiger partial charge in [-0.3, -0.25) is 11.3 Å². The van der Waals surface area contributed by atoms with Crippen LogP contribution in [0.1, 0.15) is 31.7 Å². The van der Waals surface area contributed by atoms with Gasteiger partial charge < -0.3 is 0 Å². The molecule has 0 aliphatic heterocycles. The fraction of sp³-hybridized carbons (Fsp3) is 0.571. The summed E-state index contributed by atoms with van der Waals surface area (Å²) >= 11 is 12.0. The molecular formula is C14H20Cl2N2. The first-order valence-corrected chi connectivity index (χ1v) is 7.27. The van der Waals surface area contributed by atoms with E-state index in [1.807, 2.05) is 18.2 Å². The number of nitrogens with one attached hydrogen (secondary N) is 1. The van der Waals surface area contributed by atoms with Gasteiger partial charge in [0.2, 0.25) is 0 Å². The van der Waals surface area contributed by atoms with Crippen molar-refractivity contribution in [2.45, 2.75) is 38.6 Å². The molecule has 3 unspecified atom stereocenters. The smallest absolute Gasteiger partial charge is 0.0595 e. The summed E-state index contributed by atoms with van der Waals surface area (Å²) in [5.41, 5.74) is 4.17. The Labute approximate surface area is 119 Å². The summed E-state index contributed by atoms with van der Waals surface area (Å²) in [6, 6.07) is 6.14. The van der Waals surface area contributed by atoms with Crippen molar-refractivity contribution in [2.24, 2.45) is 17.7 Å². The fourth-order valence-corrected chi connectivity index (χ4v) is 3.35. The lowest BCUT2D eigenvalue weighted by molar-refractivity contribution is 0.297. The van der Waals surface area contributed by atoms with Gasteiger partial charge in [0.1, 0.15) is 0 Å². The van der Waals surface area contributed by atoms with Crippen LogP contribution < -0.4 is 11.3 Å². The van der Waals surface area contributed by atoms with Crippen LogP contribution in [0.25, 0.3) is 0 Å². The molecule has 1 aliphatic rings. The normalized spacial score (nSPS) is 25.3. The Kier molecular flexibility index (Phi) is 4.91. The number of benzene rings is 1. The highest BCUT2D eigenvalue weighted by Crippen LogP contribution is 2.35. The van der Waals surface area contributed by atoms with E-state index in [2.05, 4.69) is 12.3 Å². The molecule has 1 aromatic rings. The van der Waals surface area contributed by atoms with E-state index < -0.39 is 0 Å². The third-order valence-electron chi connectivity index (χ3n) is 4.10. The number of hydrogen-bond acceptors (Lipinski definition) is 2. The molecule has 0 spiro atoms. The van der Waals surface area contributed by atoms with Crippen LogP contribution in [-0.4, -0.2) is 6.04 Å². The molecule has 100 valence electrons. The van der Waals surface area contributed by atoms with E-state index in [0.29, 0.717) is 22.0 Å². The van der Waals surface area contributed by atoms with Gasteiger partial charge >= 0.3 is 0 Å². The summed E-state index contributed by atoms with van der Waals surface area (Å²) in [5.74, 6) is 7.12. The van der Waals surface area contributed by atoms with Gasteiger partial charge in [0.25, 0.3) is 0 Å². The van der Waals surface area contributed by atoms with Crippen LogP contribution >= 0.6 is 23.2 Å². The average molecular weight is 287 g/mol. The fourth-order valence-electron chi connectivity index (χ4n) is 3.03. The van der Waals surface area contributed by atoms with Gasteiger partial charge in [-0.05, 0) is 42.4 Å². The molecule has 4 heteroatoms. The summed E-state index contributed by atoms with van der Waals surface area (Å²) < 4.78 is 0. The van der Waals surface area contributed by atoms with Crippen molar-refractivity contribution in [3.63, 3.8) is 0 Å². The van der Waals surface area contributed by atoms with Gasteiger partial charge in [-0.1, -0.05) is 49.0 Å². The molecule has 0 saturated heterocycles. The topological polar surface area (TPSA) is 38.0 Å². The lowest BCUT2D eigenvalue weighted by Crippen LogP contribution is -2.43. The Bertz CT molecular complexity index is 409. The molecule has 0 heterocycles. The zero-order valence-corrected chi connectivity index (χ0v) is 12.1. The van der Waals surface area contributed by atoms with Crippen molar-refractivity contribution in [1.82, 2.24) is 5.43 Å². The second kappa shape index (κ2) is 6.25. The molecule has 1 fully saturated rings. The second-order valence-electron chi connectivity index (χ2n) is 5.30. The van der Waals surface area contributed by atoms with Crippen molar-refractivity contribution in [3.05, 3.63) is 33.8 Å². The maximum atomic E-state index is 6.05. The maximum absolute atomic E-state index is 6.05. The van der Waals surface area contributed by atoms with E-state index in [1.54, 1.807) is 0 Å². The highest BCUT2D eigenvalue weighted by molar-refractivity contribution is 6.42. The quantitative estimate of drug-likeness (QED) is 0.653. The molecule has 1 aromatic carbocycles. The van der Waals surface area contributed by atoms with E-state index >= 15 is 0 Å². The van der Waals surface area contributed by atoms with E-state index in [9.17, 15) is 0 Å². The van der Waals surface area contributed by atoms with Crippen molar-refractivity contribution in [1.29, 1.82) is 0 Å². The molecule has 0 bridgehead atoms. The third-order valence-corrected chi connectivity index (χ3v) is 4.84. The third kappa shape index (κ3) is 3.18. The van der Waals surface area contributed by atoms with Crippen molar-refractivity contribution < 1.29 is 0 Å². The molecular weight excluding hydrogens is 267 g/mol. The van der Waals surface area contributed by atoms with Crippen LogP contribution in [0.15, 0.2) is 18.2 Å². The summed E-state index contributed by atoms with van der Waals surface area (Å²) in [6.07, 6.45) is 4.79. The van der Waals surface area contributed by atoms with Crippen LogP contribution in [0.5, 0.6) is 0 Å². The monoisotopic (exact) mass is 286 g/mol. The average Bonchev–Trinajstić information content (AvgIpc) is 2.77. The summed E-state index contributed by atoms with van der Waals surface area (Å²) in [4.78, 5) is 0. The van der Waals surface area contributed by atoms with Gasteiger partial charge in [0.05, 0.1) is 10.0 Å². The Hall–Kier alpha value is -0.280. The highest BCUT2D eigenvalue weighted by atomic mass is 35.5. The van der Waals surface area contributed by atoms with Crippen molar-refractivity contribution in [3.8, 4) is 0 Å². The van der Waals surface area contributed by atoms with Crippen LogP contribution in [0, 0.1) is 11.8 Å². The van der Waals surface area contributed by atoms with Crippen LogP contribution in [0.3, 0.4) is 0 Å². The van der Waals surface area contributed by atoms with Crippen molar-refractivity contribution in [2.75, 3.05) is 0 Å². The predicted octanol–water partition coefficient (Wildman–Crippen LogP) is 3.80. The van der Waals surface area contributed by atoms with Crippen molar-refractivity contribution >= 4 is 23.2 Å². The lowest BCUT2D eigenvalue weighted by atomic mass is 9.87. The molecule has 0 radical (unpaired) electrons. The molecule has 18 heavy (non-hydrogen) atoms. The van der Waals surface area contributed by atoms with Crippen LogP contribution in [0.4, 0.5) is 0 Å². The minimum Gasteiger partial charge on any atom is -0.271 e. The minimum absolute atomic E-state index is 0.319. The molecule has 2 rings (SSSR count). The lowest BCUT2D eigenvalue weighted by Gasteiger charge is -2.26. The molecule has 0 amide bonds. The Morgan fingerprint density at radius 1 is 1.33 bits per heavy atom. The zero-order valence-electron chi connectivity index (χ0n) is 10.6. The first-order chi connectivity index (χ1) is 8.61. The van der Waals surface area contributed by atoms with E-state index in [0.717, 1.165) is 12.3 Å². The summed E-state index contributed by atoms with van der Waals surface area (Å²) in [7, 11) is 0. The highest BCUT2D eigenvalue weighted by Gasteiger charge is 2.30. The van der Waals surface area contributed by atoms with Gasteiger partial charge in [0.15, 0.2) is 0 Å². The molecule has 0 aromatic heterocycles. The Morgan fingerprint density at radius 3 is 2.67 bits per heavy atom.